The number of hydrogen-bond acceptors (Lipinski definition) is 4. The van der Waals surface area contributed by atoms with Crippen molar-refractivity contribution >= 4 is 17.4 Å². The number of pyridine rings is 1. The highest BCUT2D eigenvalue weighted by Gasteiger charge is 2.22. The quantitative estimate of drug-likeness (QED) is 0.586. The van der Waals surface area contributed by atoms with Gasteiger partial charge in [0.15, 0.2) is 0 Å². The zero-order valence-electron chi connectivity index (χ0n) is 18.2. The Kier molecular flexibility index (Phi) is 7.46. The van der Waals surface area contributed by atoms with Gasteiger partial charge in [-0.2, -0.15) is 0 Å². The van der Waals surface area contributed by atoms with Crippen molar-refractivity contribution in [3.05, 3.63) is 89.9 Å². The standard InChI is InChI=1S/C26H29FN4O/c27-22-11-4-12-23(20-22)29-25-24(13-5-14-28-25)26(32)31-17-7-16-30(18-19-31)15-6-10-21-8-2-1-3-9-21/h1-5,8-9,11-14,20H,6-7,10,15-19H2,(H,28,29). The van der Waals surface area contributed by atoms with E-state index < -0.39 is 0 Å². The molecule has 0 unspecified atom stereocenters. The summed E-state index contributed by atoms with van der Waals surface area (Å²) in [6.07, 6.45) is 4.77. The van der Waals surface area contributed by atoms with Crippen molar-refractivity contribution in [1.29, 1.82) is 0 Å². The van der Waals surface area contributed by atoms with Crippen LogP contribution in [0, 0.1) is 5.82 Å². The van der Waals surface area contributed by atoms with Crippen LogP contribution in [0.3, 0.4) is 0 Å². The second-order valence-corrected chi connectivity index (χ2v) is 8.11. The van der Waals surface area contributed by atoms with Crippen LogP contribution in [0.4, 0.5) is 15.9 Å². The first-order valence-electron chi connectivity index (χ1n) is 11.2. The Balaban J connectivity index is 1.35. The summed E-state index contributed by atoms with van der Waals surface area (Å²) in [5.74, 6) is 0.0777. The number of rotatable bonds is 7. The number of benzene rings is 2. The largest absolute Gasteiger partial charge is 0.339 e. The summed E-state index contributed by atoms with van der Waals surface area (Å²) in [4.78, 5) is 22.0. The lowest BCUT2D eigenvalue weighted by atomic mass is 10.1. The number of aryl methyl sites for hydroxylation is 1. The molecular formula is C26H29FN4O. The van der Waals surface area contributed by atoms with Gasteiger partial charge >= 0.3 is 0 Å². The molecule has 1 aliphatic heterocycles. The van der Waals surface area contributed by atoms with E-state index in [1.54, 1.807) is 30.5 Å². The number of nitrogens with zero attached hydrogens (tertiary/aromatic N) is 3. The second kappa shape index (κ2) is 10.9. The number of carbonyl (C=O) groups is 1. The van der Waals surface area contributed by atoms with Gasteiger partial charge in [0.25, 0.3) is 5.91 Å². The van der Waals surface area contributed by atoms with Crippen molar-refractivity contribution in [2.75, 3.05) is 38.0 Å². The third-order valence-corrected chi connectivity index (χ3v) is 5.78. The maximum absolute atomic E-state index is 13.5. The molecule has 0 radical (unpaired) electrons. The van der Waals surface area contributed by atoms with Gasteiger partial charge < -0.3 is 15.1 Å². The van der Waals surface area contributed by atoms with Gasteiger partial charge in [0.05, 0.1) is 5.56 Å². The van der Waals surface area contributed by atoms with Crippen LogP contribution in [0.15, 0.2) is 72.9 Å². The third kappa shape index (κ3) is 5.92. The Labute approximate surface area is 188 Å². The molecule has 0 spiro atoms. The minimum Gasteiger partial charge on any atom is -0.339 e. The average molecular weight is 433 g/mol. The summed E-state index contributed by atoms with van der Waals surface area (Å²) >= 11 is 0. The van der Waals surface area contributed by atoms with E-state index in [0.29, 0.717) is 23.6 Å². The van der Waals surface area contributed by atoms with Gasteiger partial charge in [-0.25, -0.2) is 9.37 Å². The van der Waals surface area contributed by atoms with Crippen molar-refractivity contribution in [3.63, 3.8) is 0 Å². The molecule has 2 aromatic carbocycles. The van der Waals surface area contributed by atoms with E-state index in [9.17, 15) is 9.18 Å². The molecule has 1 saturated heterocycles. The van der Waals surface area contributed by atoms with Crippen LogP contribution >= 0.6 is 0 Å². The first kappa shape index (κ1) is 22.0. The normalized spacial score (nSPS) is 14.7. The van der Waals surface area contributed by atoms with E-state index in [-0.39, 0.29) is 11.7 Å². The molecule has 32 heavy (non-hydrogen) atoms. The number of amides is 1. The minimum absolute atomic E-state index is 0.0388. The first-order chi connectivity index (χ1) is 15.7. The number of aromatic nitrogens is 1. The van der Waals surface area contributed by atoms with Crippen LogP contribution in [0.25, 0.3) is 0 Å². The highest BCUT2D eigenvalue weighted by atomic mass is 19.1. The highest BCUT2D eigenvalue weighted by molar-refractivity contribution is 5.99. The van der Waals surface area contributed by atoms with Crippen LogP contribution in [0.2, 0.25) is 0 Å². The van der Waals surface area contributed by atoms with Gasteiger partial charge in [-0.15, -0.1) is 0 Å². The van der Waals surface area contributed by atoms with Gasteiger partial charge in [-0.3, -0.25) is 4.79 Å². The van der Waals surface area contributed by atoms with Crippen LogP contribution < -0.4 is 5.32 Å². The van der Waals surface area contributed by atoms with E-state index in [1.165, 1.54) is 17.7 Å². The maximum atomic E-state index is 13.5. The van der Waals surface area contributed by atoms with E-state index in [0.717, 1.165) is 45.4 Å². The molecule has 1 N–H and O–H groups in total. The monoisotopic (exact) mass is 432 g/mol. The average Bonchev–Trinajstić information content (AvgIpc) is 3.06. The lowest BCUT2D eigenvalue weighted by molar-refractivity contribution is 0.0762. The van der Waals surface area contributed by atoms with Gasteiger partial charge in [0, 0.05) is 31.5 Å². The lowest BCUT2D eigenvalue weighted by Crippen LogP contribution is -2.35. The van der Waals surface area contributed by atoms with Gasteiger partial charge in [0.1, 0.15) is 11.6 Å². The molecule has 1 amide bonds. The lowest BCUT2D eigenvalue weighted by Gasteiger charge is -2.23. The fourth-order valence-electron chi connectivity index (χ4n) is 4.10. The molecule has 1 aliphatic rings. The molecule has 0 bridgehead atoms. The molecule has 1 fully saturated rings. The molecule has 1 aromatic heterocycles. The summed E-state index contributed by atoms with van der Waals surface area (Å²) in [6.45, 7) is 4.32. The molecule has 0 atom stereocenters. The Morgan fingerprint density at radius 3 is 2.69 bits per heavy atom. The first-order valence-corrected chi connectivity index (χ1v) is 11.2. The molecule has 3 aromatic rings. The highest BCUT2D eigenvalue weighted by Crippen LogP contribution is 2.21. The number of anilines is 2. The van der Waals surface area contributed by atoms with Crippen LogP contribution in [0.5, 0.6) is 0 Å². The number of halogens is 1. The fraction of sp³-hybridized carbons (Fsp3) is 0.308. The van der Waals surface area contributed by atoms with E-state index in [2.05, 4.69) is 39.5 Å². The Morgan fingerprint density at radius 2 is 1.84 bits per heavy atom. The summed E-state index contributed by atoms with van der Waals surface area (Å²) in [7, 11) is 0. The second-order valence-electron chi connectivity index (χ2n) is 8.11. The van der Waals surface area contributed by atoms with Crippen molar-refractivity contribution in [2.24, 2.45) is 0 Å². The van der Waals surface area contributed by atoms with Crippen LogP contribution in [-0.4, -0.2) is 53.4 Å². The SMILES string of the molecule is O=C(c1cccnc1Nc1cccc(F)c1)N1CCCN(CCCc2ccccc2)CC1. The van der Waals surface area contributed by atoms with Gasteiger partial charge in [-0.05, 0) is 68.2 Å². The van der Waals surface area contributed by atoms with Gasteiger partial charge in [-0.1, -0.05) is 36.4 Å². The van der Waals surface area contributed by atoms with Crippen molar-refractivity contribution in [3.8, 4) is 0 Å². The zero-order valence-corrected chi connectivity index (χ0v) is 18.2. The fourth-order valence-corrected chi connectivity index (χ4v) is 4.10. The van der Waals surface area contributed by atoms with Crippen molar-refractivity contribution < 1.29 is 9.18 Å². The predicted molar refractivity (Wildman–Crippen MR) is 126 cm³/mol. The molecule has 6 heteroatoms. The Morgan fingerprint density at radius 1 is 0.969 bits per heavy atom. The topological polar surface area (TPSA) is 48.5 Å². The Hall–Kier alpha value is -3.25. The van der Waals surface area contributed by atoms with Gasteiger partial charge in [0.2, 0.25) is 0 Å². The molecule has 4 rings (SSSR count). The minimum atomic E-state index is -0.335. The molecule has 5 nitrogen and oxygen atoms in total. The number of nitrogens with one attached hydrogen (secondary N) is 1. The number of carbonyl (C=O) groups excluding carboxylic acids is 1. The van der Waals surface area contributed by atoms with E-state index in [1.807, 2.05) is 11.0 Å². The van der Waals surface area contributed by atoms with Crippen molar-refractivity contribution in [2.45, 2.75) is 19.3 Å². The molecule has 2 heterocycles. The summed E-state index contributed by atoms with van der Waals surface area (Å²) in [6, 6.07) is 20.3. The van der Waals surface area contributed by atoms with Crippen LogP contribution in [0.1, 0.15) is 28.8 Å². The summed E-state index contributed by atoms with van der Waals surface area (Å²) in [5, 5.41) is 3.09. The molecule has 0 saturated carbocycles. The molecule has 0 aliphatic carbocycles. The Bertz CT molecular complexity index is 1030. The molecular weight excluding hydrogens is 403 g/mol. The summed E-state index contributed by atoms with van der Waals surface area (Å²) in [5.41, 5.74) is 2.45. The zero-order chi connectivity index (χ0) is 22.2. The third-order valence-electron chi connectivity index (χ3n) is 5.78. The number of hydrogen-bond donors (Lipinski definition) is 1. The van der Waals surface area contributed by atoms with E-state index in [4.69, 9.17) is 0 Å². The maximum Gasteiger partial charge on any atom is 0.257 e. The van der Waals surface area contributed by atoms with Crippen LogP contribution in [-0.2, 0) is 6.42 Å². The smallest absolute Gasteiger partial charge is 0.257 e. The summed E-state index contributed by atoms with van der Waals surface area (Å²) < 4.78 is 13.5. The predicted octanol–water partition coefficient (Wildman–Crippen LogP) is 4.75. The van der Waals surface area contributed by atoms with Crippen molar-refractivity contribution in [1.82, 2.24) is 14.8 Å². The van der Waals surface area contributed by atoms with E-state index >= 15 is 0 Å². The molecule has 166 valence electrons.